The number of aromatic amines is 1. The molecule has 0 spiro atoms. The summed E-state index contributed by atoms with van der Waals surface area (Å²) in [6.45, 7) is 5.69. The second-order valence-electron chi connectivity index (χ2n) is 7.03. The molecule has 0 aliphatic carbocycles. The van der Waals surface area contributed by atoms with Crippen LogP contribution >= 0.6 is 0 Å². The predicted octanol–water partition coefficient (Wildman–Crippen LogP) is 1.24. The zero-order valence-electron chi connectivity index (χ0n) is 15.0. The van der Waals surface area contributed by atoms with Crippen LogP contribution in [0.1, 0.15) is 44.2 Å². The normalized spacial score (nSPS) is 20.4. The molecule has 0 atom stereocenters. The first-order chi connectivity index (χ1) is 12.2. The van der Waals surface area contributed by atoms with E-state index in [1.807, 2.05) is 15.9 Å². The van der Waals surface area contributed by atoms with Crippen LogP contribution < -0.4 is 0 Å². The van der Waals surface area contributed by atoms with Gasteiger partial charge in [-0.3, -0.25) is 19.6 Å². The SMILES string of the molecule is O=C1CCCCCN1CCC(=O)N1CCCN(Cc2ccn[nH]2)CC1. The number of rotatable bonds is 5. The first-order valence-electron chi connectivity index (χ1n) is 9.48. The molecule has 3 rings (SSSR count). The first-order valence-corrected chi connectivity index (χ1v) is 9.48. The Morgan fingerprint density at radius 1 is 1.08 bits per heavy atom. The number of nitrogens with zero attached hydrogens (tertiary/aromatic N) is 4. The number of likely N-dealkylation sites (tertiary alicyclic amines) is 1. The van der Waals surface area contributed by atoms with Crippen molar-refractivity contribution in [2.24, 2.45) is 0 Å². The Balaban J connectivity index is 1.43. The van der Waals surface area contributed by atoms with Crippen LogP contribution in [0.3, 0.4) is 0 Å². The quantitative estimate of drug-likeness (QED) is 0.870. The van der Waals surface area contributed by atoms with Crippen LogP contribution in [0.4, 0.5) is 0 Å². The van der Waals surface area contributed by atoms with Crippen LogP contribution in [0.2, 0.25) is 0 Å². The Bertz CT molecular complexity index is 560. The fourth-order valence-corrected chi connectivity index (χ4v) is 3.66. The van der Waals surface area contributed by atoms with Gasteiger partial charge in [0, 0.05) is 70.5 Å². The van der Waals surface area contributed by atoms with Gasteiger partial charge in [0.2, 0.25) is 11.8 Å². The van der Waals surface area contributed by atoms with E-state index in [0.717, 1.165) is 70.6 Å². The average molecular weight is 347 g/mol. The zero-order chi connectivity index (χ0) is 17.5. The van der Waals surface area contributed by atoms with E-state index < -0.39 is 0 Å². The van der Waals surface area contributed by atoms with Crippen LogP contribution in [0.5, 0.6) is 0 Å². The molecule has 138 valence electrons. The fourth-order valence-electron chi connectivity index (χ4n) is 3.66. The summed E-state index contributed by atoms with van der Waals surface area (Å²) in [5.41, 5.74) is 1.11. The highest BCUT2D eigenvalue weighted by atomic mass is 16.2. The van der Waals surface area contributed by atoms with E-state index >= 15 is 0 Å². The maximum atomic E-state index is 12.6. The number of hydrogen-bond donors (Lipinski definition) is 1. The Morgan fingerprint density at radius 3 is 2.84 bits per heavy atom. The molecule has 0 unspecified atom stereocenters. The van der Waals surface area contributed by atoms with Gasteiger partial charge in [-0.25, -0.2) is 0 Å². The topological polar surface area (TPSA) is 72.5 Å². The number of amides is 2. The molecule has 2 amide bonds. The van der Waals surface area contributed by atoms with Crippen molar-refractivity contribution in [1.29, 1.82) is 0 Å². The van der Waals surface area contributed by atoms with E-state index in [-0.39, 0.29) is 11.8 Å². The molecule has 3 heterocycles. The van der Waals surface area contributed by atoms with Gasteiger partial charge < -0.3 is 9.80 Å². The van der Waals surface area contributed by atoms with E-state index in [9.17, 15) is 9.59 Å². The van der Waals surface area contributed by atoms with E-state index in [1.165, 1.54) is 0 Å². The molecule has 0 saturated carbocycles. The van der Waals surface area contributed by atoms with Crippen LogP contribution in [-0.2, 0) is 16.1 Å². The highest BCUT2D eigenvalue weighted by molar-refractivity contribution is 5.79. The monoisotopic (exact) mass is 347 g/mol. The number of nitrogens with one attached hydrogen (secondary N) is 1. The molecule has 7 nitrogen and oxygen atoms in total. The summed E-state index contributed by atoms with van der Waals surface area (Å²) in [4.78, 5) is 30.8. The number of carbonyl (C=O) groups excluding carboxylic acids is 2. The lowest BCUT2D eigenvalue weighted by Crippen LogP contribution is -2.38. The van der Waals surface area contributed by atoms with Gasteiger partial charge in [0.05, 0.1) is 0 Å². The van der Waals surface area contributed by atoms with Gasteiger partial charge in [-0.05, 0) is 25.3 Å². The van der Waals surface area contributed by atoms with Gasteiger partial charge in [0.25, 0.3) is 0 Å². The van der Waals surface area contributed by atoms with Gasteiger partial charge in [0.15, 0.2) is 0 Å². The lowest BCUT2D eigenvalue weighted by atomic mass is 10.2. The summed E-state index contributed by atoms with van der Waals surface area (Å²) >= 11 is 0. The molecule has 0 bridgehead atoms. The maximum Gasteiger partial charge on any atom is 0.224 e. The summed E-state index contributed by atoms with van der Waals surface area (Å²) in [5, 5.41) is 6.98. The van der Waals surface area contributed by atoms with Crippen LogP contribution in [0, 0.1) is 0 Å². The Hall–Kier alpha value is -1.89. The molecule has 2 fully saturated rings. The Kier molecular flexibility index (Phi) is 6.44. The summed E-state index contributed by atoms with van der Waals surface area (Å²) in [5.74, 6) is 0.396. The Labute approximate surface area is 149 Å². The first kappa shape index (κ1) is 17.9. The van der Waals surface area contributed by atoms with Crippen molar-refractivity contribution in [2.45, 2.75) is 45.1 Å². The standard InChI is InChI=1S/C18H29N5O2/c24-17-5-2-1-3-10-22(17)12-7-18(25)23-11-4-9-21(13-14-23)15-16-6-8-19-20-16/h6,8H,1-5,7,9-15H2,(H,19,20). The lowest BCUT2D eigenvalue weighted by molar-refractivity contribution is -0.134. The average Bonchev–Trinajstić information content (AvgIpc) is 2.89. The number of aromatic nitrogens is 2. The third-order valence-corrected chi connectivity index (χ3v) is 5.16. The summed E-state index contributed by atoms with van der Waals surface area (Å²) in [6.07, 6.45) is 7.02. The molecule has 2 aliphatic heterocycles. The van der Waals surface area contributed by atoms with E-state index in [0.29, 0.717) is 19.4 Å². The fraction of sp³-hybridized carbons (Fsp3) is 0.722. The molecule has 0 radical (unpaired) electrons. The number of carbonyl (C=O) groups is 2. The van der Waals surface area contributed by atoms with E-state index in [2.05, 4.69) is 15.1 Å². The minimum atomic E-state index is 0.181. The minimum absolute atomic E-state index is 0.181. The van der Waals surface area contributed by atoms with E-state index in [1.54, 1.807) is 6.20 Å². The predicted molar refractivity (Wildman–Crippen MR) is 94.7 cm³/mol. The van der Waals surface area contributed by atoms with Crippen LogP contribution in [-0.4, -0.2) is 76.0 Å². The second kappa shape index (κ2) is 8.99. The molecular weight excluding hydrogens is 318 g/mol. The van der Waals surface area contributed by atoms with Crippen molar-refractivity contribution in [2.75, 3.05) is 39.3 Å². The van der Waals surface area contributed by atoms with Crippen molar-refractivity contribution in [3.63, 3.8) is 0 Å². The zero-order valence-corrected chi connectivity index (χ0v) is 15.0. The molecule has 1 aromatic heterocycles. The second-order valence-corrected chi connectivity index (χ2v) is 7.03. The molecular formula is C18H29N5O2. The van der Waals surface area contributed by atoms with Crippen molar-refractivity contribution in [3.8, 4) is 0 Å². The van der Waals surface area contributed by atoms with Gasteiger partial charge in [-0.1, -0.05) is 6.42 Å². The van der Waals surface area contributed by atoms with Crippen LogP contribution in [0.15, 0.2) is 12.3 Å². The highest BCUT2D eigenvalue weighted by Gasteiger charge is 2.22. The third kappa shape index (κ3) is 5.29. The van der Waals surface area contributed by atoms with Crippen molar-refractivity contribution in [3.05, 3.63) is 18.0 Å². The third-order valence-electron chi connectivity index (χ3n) is 5.16. The van der Waals surface area contributed by atoms with Crippen molar-refractivity contribution >= 4 is 11.8 Å². The number of H-pyrrole nitrogens is 1. The number of hydrogen-bond acceptors (Lipinski definition) is 4. The van der Waals surface area contributed by atoms with Gasteiger partial charge in [-0.2, -0.15) is 5.10 Å². The maximum absolute atomic E-state index is 12.6. The molecule has 25 heavy (non-hydrogen) atoms. The largest absolute Gasteiger partial charge is 0.342 e. The van der Waals surface area contributed by atoms with E-state index in [4.69, 9.17) is 0 Å². The summed E-state index contributed by atoms with van der Waals surface area (Å²) in [6, 6.07) is 1.99. The van der Waals surface area contributed by atoms with Crippen molar-refractivity contribution in [1.82, 2.24) is 24.9 Å². The molecule has 7 heteroatoms. The van der Waals surface area contributed by atoms with Gasteiger partial charge >= 0.3 is 0 Å². The molecule has 1 N–H and O–H groups in total. The minimum Gasteiger partial charge on any atom is -0.342 e. The summed E-state index contributed by atoms with van der Waals surface area (Å²) < 4.78 is 0. The lowest BCUT2D eigenvalue weighted by Gasteiger charge is -2.24. The van der Waals surface area contributed by atoms with Crippen molar-refractivity contribution < 1.29 is 9.59 Å². The molecule has 0 aromatic carbocycles. The molecule has 2 aliphatic rings. The highest BCUT2D eigenvalue weighted by Crippen LogP contribution is 2.13. The summed E-state index contributed by atoms with van der Waals surface area (Å²) in [7, 11) is 0. The molecule has 2 saturated heterocycles. The Morgan fingerprint density at radius 2 is 2.00 bits per heavy atom. The van der Waals surface area contributed by atoms with Crippen LogP contribution in [0.25, 0.3) is 0 Å². The smallest absolute Gasteiger partial charge is 0.224 e. The molecule has 1 aromatic rings. The van der Waals surface area contributed by atoms with Gasteiger partial charge in [-0.15, -0.1) is 0 Å². The van der Waals surface area contributed by atoms with Gasteiger partial charge in [0.1, 0.15) is 0 Å².